The minimum Gasteiger partial charge on any atom is -0.490 e. The first-order valence-corrected chi connectivity index (χ1v) is 12.5. The Morgan fingerprint density at radius 2 is 1.48 bits per heavy atom. The van der Waals surface area contributed by atoms with Gasteiger partial charge < -0.3 is 19.3 Å². The van der Waals surface area contributed by atoms with Crippen LogP contribution in [0.5, 0.6) is 11.5 Å². The summed E-state index contributed by atoms with van der Waals surface area (Å²) in [4.78, 5) is 29.8. The molecule has 2 aliphatic rings. The first-order valence-electron chi connectivity index (χ1n) is 11.7. The van der Waals surface area contributed by atoms with E-state index in [0.717, 1.165) is 48.8 Å². The number of carbonyl (C=O) groups is 2. The monoisotopic (exact) mass is 494 g/mol. The smallest absolute Gasteiger partial charge is 0.227 e. The van der Waals surface area contributed by atoms with E-state index in [2.05, 4.69) is 20.8 Å². The molecule has 2 heterocycles. The van der Waals surface area contributed by atoms with Gasteiger partial charge in [-0.1, -0.05) is 28.8 Å². The summed E-state index contributed by atoms with van der Waals surface area (Å²) in [5, 5.41) is 0. The highest BCUT2D eigenvalue weighted by Crippen LogP contribution is 2.34. The topological polar surface area (TPSA) is 59.1 Å². The van der Waals surface area contributed by atoms with Gasteiger partial charge >= 0.3 is 0 Å². The van der Waals surface area contributed by atoms with Crippen LogP contribution in [0.1, 0.15) is 57.9 Å². The predicted octanol–water partition coefficient (Wildman–Crippen LogP) is 4.43. The number of likely N-dealkylation sites (tertiary alicyclic amines) is 2. The molecule has 0 aliphatic carbocycles. The molecule has 31 heavy (non-hydrogen) atoms. The highest BCUT2D eigenvalue weighted by molar-refractivity contribution is 9.10. The molecule has 0 radical (unpaired) electrons. The molecule has 0 saturated carbocycles. The van der Waals surface area contributed by atoms with Gasteiger partial charge in [0.15, 0.2) is 11.5 Å². The van der Waals surface area contributed by atoms with Gasteiger partial charge in [-0.2, -0.15) is 0 Å². The SMILES string of the molecule is CCOc1cc(Br)c(CC(=O)N2CCC(C(=O)N3CCCCCC3)CC2)cc1OCC. The largest absolute Gasteiger partial charge is 0.490 e. The Hall–Kier alpha value is -1.76. The summed E-state index contributed by atoms with van der Waals surface area (Å²) in [6.07, 6.45) is 6.50. The van der Waals surface area contributed by atoms with Crippen molar-refractivity contribution in [3.63, 3.8) is 0 Å². The van der Waals surface area contributed by atoms with Gasteiger partial charge in [0.1, 0.15) is 0 Å². The second-order valence-electron chi connectivity index (χ2n) is 8.33. The Morgan fingerprint density at radius 3 is 2.06 bits per heavy atom. The summed E-state index contributed by atoms with van der Waals surface area (Å²) >= 11 is 3.58. The highest BCUT2D eigenvalue weighted by Gasteiger charge is 2.30. The van der Waals surface area contributed by atoms with E-state index in [-0.39, 0.29) is 11.8 Å². The molecule has 0 bridgehead atoms. The van der Waals surface area contributed by atoms with Crippen LogP contribution in [0.3, 0.4) is 0 Å². The lowest BCUT2D eigenvalue weighted by molar-refractivity contribution is -0.140. The van der Waals surface area contributed by atoms with E-state index in [9.17, 15) is 9.59 Å². The van der Waals surface area contributed by atoms with Crippen molar-refractivity contribution >= 4 is 27.7 Å². The maximum Gasteiger partial charge on any atom is 0.227 e. The molecule has 0 atom stereocenters. The third-order valence-electron chi connectivity index (χ3n) is 6.17. The van der Waals surface area contributed by atoms with E-state index in [0.29, 0.717) is 50.1 Å². The highest BCUT2D eigenvalue weighted by atomic mass is 79.9. The van der Waals surface area contributed by atoms with Gasteiger partial charge in [0.05, 0.1) is 19.6 Å². The molecule has 1 aromatic carbocycles. The molecule has 2 amide bonds. The molecule has 172 valence electrons. The number of piperidine rings is 1. The molecule has 2 fully saturated rings. The van der Waals surface area contributed by atoms with Crippen molar-refractivity contribution in [2.45, 2.75) is 58.8 Å². The van der Waals surface area contributed by atoms with Crippen molar-refractivity contribution < 1.29 is 19.1 Å². The molecule has 1 aromatic rings. The summed E-state index contributed by atoms with van der Waals surface area (Å²) in [7, 11) is 0. The van der Waals surface area contributed by atoms with E-state index in [4.69, 9.17) is 9.47 Å². The maximum absolute atomic E-state index is 13.0. The number of hydrogen-bond acceptors (Lipinski definition) is 4. The molecule has 0 spiro atoms. The van der Waals surface area contributed by atoms with Gasteiger partial charge in [-0.3, -0.25) is 9.59 Å². The third kappa shape index (κ3) is 6.37. The Balaban J connectivity index is 1.57. The lowest BCUT2D eigenvalue weighted by Crippen LogP contribution is -2.45. The van der Waals surface area contributed by atoms with Crippen LogP contribution < -0.4 is 9.47 Å². The first-order chi connectivity index (χ1) is 15.0. The number of halogens is 1. The number of rotatable bonds is 7. The predicted molar refractivity (Wildman–Crippen MR) is 125 cm³/mol. The van der Waals surface area contributed by atoms with Crippen molar-refractivity contribution in [1.82, 2.24) is 9.80 Å². The van der Waals surface area contributed by atoms with Gasteiger partial charge in [0, 0.05) is 36.6 Å². The molecule has 0 unspecified atom stereocenters. The number of nitrogens with zero attached hydrogens (tertiary/aromatic N) is 2. The molecule has 2 saturated heterocycles. The summed E-state index contributed by atoms with van der Waals surface area (Å²) < 4.78 is 12.2. The van der Waals surface area contributed by atoms with Gasteiger partial charge in [-0.25, -0.2) is 0 Å². The average Bonchev–Trinajstić information content (AvgIpc) is 3.06. The zero-order valence-electron chi connectivity index (χ0n) is 18.8. The zero-order valence-corrected chi connectivity index (χ0v) is 20.4. The summed E-state index contributed by atoms with van der Waals surface area (Å²) in [6, 6.07) is 3.77. The quantitative estimate of drug-likeness (QED) is 0.562. The number of ether oxygens (including phenoxy) is 2. The normalized spacial score (nSPS) is 17.9. The number of benzene rings is 1. The van der Waals surface area contributed by atoms with Gasteiger partial charge in [-0.15, -0.1) is 0 Å². The van der Waals surface area contributed by atoms with Crippen molar-refractivity contribution in [3.8, 4) is 11.5 Å². The van der Waals surface area contributed by atoms with Crippen molar-refractivity contribution in [2.75, 3.05) is 39.4 Å². The second-order valence-corrected chi connectivity index (χ2v) is 9.18. The minimum absolute atomic E-state index is 0.0592. The first kappa shape index (κ1) is 23.9. The van der Waals surface area contributed by atoms with Crippen LogP contribution in [0.25, 0.3) is 0 Å². The summed E-state index contributed by atoms with van der Waals surface area (Å²) in [5.74, 6) is 1.79. The fraction of sp³-hybridized carbons (Fsp3) is 0.667. The minimum atomic E-state index is 0.0592. The van der Waals surface area contributed by atoms with Crippen LogP contribution in [0, 0.1) is 5.92 Å². The molecule has 7 heteroatoms. The van der Waals surface area contributed by atoms with Gasteiger partial charge in [0.25, 0.3) is 0 Å². The molecular weight excluding hydrogens is 460 g/mol. The molecular formula is C24H35BrN2O4. The van der Waals surface area contributed by atoms with Crippen molar-refractivity contribution in [1.29, 1.82) is 0 Å². The molecule has 0 N–H and O–H groups in total. The van der Waals surface area contributed by atoms with Crippen molar-refractivity contribution in [3.05, 3.63) is 22.2 Å². The lowest BCUT2D eigenvalue weighted by atomic mass is 9.94. The average molecular weight is 495 g/mol. The number of carbonyl (C=O) groups excluding carboxylic acids is 2. The zero-order chi connectivity index (χ0) is 22.2. The van der Waals surface area contributed by atoms with E-state index < -0.39 is 0 Å². The standard InChI is InChI=1S/C24H35BrN2O4/c1-3-30-21-15-19(20(25)17-22(21)31-4-2)16-23(28)26-13-9-18(10-14-26)24(29)27-11-7-5-6-8-12-27/h15,17-18H,3-14,16H2,1-2H3. The van der Waals surface area contributed by atoms with Crippen molar-refractivity contribution in [2.24, 2.45) is 5.92 Å². The second kappa shape index (κ2) is 11.7. The van der Waals surface area contributed by atoms with Crippen LogP contribution in [0.4, 0.5) is 0 Å². The van der Waals surface area contributed by atoms with Gasteiger partial charge in [0.2, 0.25) is 11.8 Å². The molecule has 2 aliphatic heterocycles. The molecule has 0 aromatic heterocycles. The Kier molecular flexibility index (Phi) is 9.05. The van der Waals surface area contributed by atoms with E-state index in [1.54, 1.807) is 0 Å². The van der Waals surface area contributed by atoms with E-state index in [1.807, 2.05) is 30.9 Å². The molecule has 6 nitrogen and oxygen atoms in total. The van der Waals surface area contributed by atoms with Crippen LogP contribution in [-0.2, 0) is 16.0 Å². The Bertz CT molecular complexity index is 754. The van der Waals surface area contributed by atoms with Crippen LogP contribution in [0.15, 0.2) is 16.6 Å². The molecule has 3 rings (SSSR count). The lowest BCUT2D eigenvalue weighted by Gasteiger charge is -2.34. The Morgan fingerprint density at radius 1 is 0.903 bits per heavy atom. The maximum atomic E-state index is 13.0. The number of amides is 2. The van der Waals surface area contributed by atoms with E-state index >= 15 is 0 Å². The summed E-state index contributed by atoms with van der Waals surface area (Å²) in [5.41, 5.74) is 0.889. The van der Waals surface area contributed by atoms with Crippen LogP contribution in [-0.4, -0.2) is 61.0 Å². The third-order valence-corrected chi connectivity index (χ3v) is 6.91. The number of hydrogen-bond donors (Lipinski definition) is 0. The van der Waals surface area contributed by atoms with Crippen LogP contribution >= 0.6 is 15.9 Å². The Labute approximate surface area is 194 Å². The summed E-state index contributed by atoms with van der Waals surface area (Å²) in [6.45, 7) is 8.04. The fourth-order valence-corrected chi connectivity index (χ4v) is 4.91. The van der Waals surface area contributed by atoms with Crippen LogP contribution in [0.2, 0.25) is 0 Å². The van der Waals surface area contributed by atoms with E-state index in [1.165, 1.54) is 12.8 Å². The fourth-order valence-electron chi connectivity index (χ4n) is 4.45. The van der Waals surface area contributed by atoms with Gasteiger partial charge in [-0.05, 0) is 57.2 Å².